The summed E-state index contributed by atoms with van der Waals surface area (Å²) in [5, 5.41) is 18.9. The van der Waals surface area contributed by atoms with Crippen molar-refractivity contribution < 1.29 is 18.3 Å². The van der Waals surface area contributed by atoms with Crippen LogP contribution in [0.5, 0.6) is 0 Å². The van der Waals surface area contributed by atoms with E-state index in [-0.39, 0.29) is 22.2 Å². The first-order chi connectivity index (χ1) is 18.8. The molecule has 2 rings (SSSR count). The van der Waals surface area contributed by atoms with Gasteiger partial charge in [0.1, 0.15) is 11.7 Å². The number of nitrogens with one attached hydrogen (secondary N) is 3. The number of nitriles is 1. The molecule has 226 valence electrons. The predicted octanol–water partition coefficient (Wildman–Crippen LogP) is 7.34. The molecule has 3 N–H and O–H groups in total. The van der Waals surface area contributed by atoms with Crippen LogP contribution in [0.25, 0.3) is 0 Å². The van der Waals surface area contributed by atoms with E-state index < -0.39 is 37.9 Å². The fraction of sp³-hybridized carbons (Fsp3) is 0.600. The van der Waals surface area contributed by atoms with E-state index in [0.717, 1.165) is 17.3 Å². The van der Waals surface area contributed by atoms with E-state index in [1.54, 1.807) is 27.0 Å². The van der Waals surface area contributed by atoms with E-state index in [2.05, 4.69) is 59.8 Å². The van der Waals surface area contributed by atoms with Crippen molar-refractivity contribution in [3.8, 4) is 6.07 Å². The van der Waals surface area contributed by atoms with Gasteiger partial charge in [0, 0.05) is 24.4 Å². The Morgan fingerprint density at radius 3 is 2.37 bits per heavy atom. The van der Waals surface area contributed by atoms with Crippen LogP contribution >= 0.6 is 0 Å². The van der Waals surface area contributed by atoms with Gasteiger partial charge in [-0.05, 0) is 90.2 Å². The lowest BCUT2D eigenvalue weighted by Crippen LogP contribution is -2.47. The fourth-order valence-corrected chi connectivity index (χ4v) is 4.77. The predicted molar refractivity (Wildman–Crippen MR) is 165 cm³/mol. The molecule has 0 spiro atoms. The molecule has 0 saturated carbocycles. The lowest BCUT2D eigenvalue weighted by Gasteiger charge is -2.36. The van der Waals surface area contributed by atoms with E-state index in [1.807, 2.05) is 32.9 Å². The van der Waals surface area contributed by atoms with Gasteiger partial charge in [-0.15, -0.1) is 0 Å². The van der Waals surface area contributed by atoms with Crippen LogP contribution in [-0.2, 0) is 9.16 Å². The molecule has 2 heterocycles. The van der Waals surface area contributed by atoms with Crippen LogP contribution in [0.1, 0.15) is 78.1 Å². The summed E-state index contributed by atoms with van der Waals surface area (Å²) in [6.45, 7) is 22.6. The first-order valence-electron chi connectivity index (χ1n) is 14.0. The first-order valence-corrected chi connectivity index (χ1v) is 16.9. The largest absolute Gasteiger partial charge is 0.444 e. The van der Waals surface area contributed by atoms with Crippen molar-refractivity contribution in [2.75, 3.05) is 17.2 Å². The van der Waals surface area contributed by atoms with Crippen molar-refractivity contribution in [2.24, 2.45) is 0 Å². The summed E-state index contributed by atoms with van der Waals surface area (Å²) >= 11 is 0. The average molecular weight is 587 g/mol. The average Bonchev–Trinajstić information content (AvgIpc) is 2.82. The van der Waals surface area contributed by atoms with E-state index in [1.165, 1.54) is 0 Å². The summed E-state index contributed by atoms with van der Waals surface area (Å²) in [7, 11) is -1.93. The summed E-state index contributed by atoms with van der Waals surface area (Å²) < 4.78 is 27.0. The third kappa shape index (κ3) is 10.3. The molecule has 0 fully saturated rings. The fourth-order valence-electron chi connectivity index (χ4n) is 3.68. The lowest BCUT2D eigenvalue weighted by atomic mass is 10.0. The molecular formula is C30H47FN6O3Si. The van der Waals surface area contributed by atoms with Gasteiger partial charge >= 0.3 is 6.09 Å². The summed E-state index contributed by atoms with van der Waals surface area (Å²) in [6, 6.07) is 4.20. The zero-order valence-electron chi connectivity index (χ0n) is 26.5. The minimum absolute atomic E-state index is 0.0311. The molecule has 1 amide bonds. The van der Waals surface area contributed by atoms with Gasteiger partial charge in [0.2, 0.25) is 0 Å². The molecule has 9 nitrogen and oxygen atoms in total. The second kappa shape index (κ2) is 13.6. The Morgan fingerprint density at radius 1 is 1.15 bits per heavy atom. The van der Waals surface area contributed by atoms with Gasteiger partial charge in [0.25, 0.3) is 0 Å². The van der Waals surface area contributed by atoms with Crippen LogP contribution in [0.3, 0.4) is 0 Å². The van der Waals surface area contributed by atoms with Crippen LogP contribution in [0.2, 0.25) is 18.1 Å². The maximum atomic E-state index is 15.2. The van der Waals surface area contributed by atoms with Gasteiger partial charge in [-0.1, -0.05) is 20.8 Å². The number of hydrogen-bond acceptors (Lipinski definition) is 8. The zero-order valence-corrected chi connectivity index (χ0v) is 27.5. The lowest BCUT2D eigenvalue weighted by molar-refractivity contribution is 0.0502. The number of carbonyl (C=O) groups excluding carboxylic acids is 1. The molecule has 2 atom stereocenters. The molecule has 41 heavy (non-hydrogen) atoms. The van der Waals surface area contributed by atoms with Crippen LogP contribution in [0.4, 0.5) is 26.5 Å². The van der Waals surface area contributed by atoms with E-state index in [4.69, 9.17) is 9.16 Å². The molecule has 2 aromatic heterocycles. The topological polar surface area (TPSA) is 121 Å². The van der Waals surface area contributed by atoms with Crippen LogP contribution < -0.4 is 16.0 Å². The van der Waals surface area contributed by atoms with Crippen molar-refractivity contribution in [2.45, 2.75) is 111 Å². The van der Waals surface area contributed by atoms with E-state index in [9.17, 15) is 10.1 Å². The number of hydrogen-bond donors (Lipinski definition) is 3. The van der Waals surface area contributed by atoms with Crippen molar-refractivity contribution in [1.82, 2.24) is 15.3 Å². The Morgan fingerprint density at radius 2 is 1.80 bits per heavy atom. The number of carbonyl (C=O) groups is 1. The number of aromatic nitrogens is 2. The normalized spacial score (nSPS) is 13.6. The summed E-state index contributed by atoms with van der Waals surface area (Å²) in [5.74, 6) is -0.497. The number of ether oxygens (including phenoxy) is 1. The molecule has 0 unspecified atom stereocenters. The monoisotopic (exact) mass is 586 g/mol. The van der Waals surface area contributed by atoms with E-state index in [0.29, 0.717) is 25.1 Å². The Kier molecular flexibility index (Phi) is 11.3. The number of rotatable bonds is 11. The highest BCUT2D eigenvalue weighted by atomic mass is 28.4. The number of amides is 1. The highest BCUT2D eigenvalue weighted by Crippen LogP contribution is 2.36. The van der Waals surface area contributed by atoms with Gasteiger partial charge in [0.15, 0.2) is 25.8 Å². The standard InChI is InChI=1S/C30H47FN6O3Si/c1-19-15-23(18-33-20(19)2)35-26-22(17-32)16-24(31)27(37-26)36-25(21(3)34-28(38)40-29(4,5)6)13-12-14-39-41(10,11)30(7,8)9/h15-16,18,21,25H,12-14H2,1-11H3,(H,34,38)(H2,35,36,37)/t21-,25+/m0/s1. The zero-order chi connectivity index (χ0) is 31.2. The SMILES string of the molecule is Cc1cc(Nc2nc(N[C@H](CCCO[Si](C)(C)C(C)(C)C)[C@H](C)NC(=O)OC(C)(C)C)c(F)cc2C#N)cnc1C. The second-order valence-electron chi connectivity index (χ2n) is 13.0. The van der Waals surface area contributed by atoms with Gasteiger partial charge < -0.3 is 25.1 Å². The third-order valence-corrected chi connectivity index (χ3v) is 11.8. The smallest absolute Gasteiger partial charge is 0.407 e. The molecule has 2 aromatic rings. The van der Waals surface area contributed by atoms with Crippen molar-refractivity contribution in [1.29, 1.82) is 5.26 Å². The number of pyridine rings is 2. The number of nitrogens with zero attached hydrogens (tertiary/aromatic N) is 3. The third-order valence-electron chi connectivity index (χ3n) is 7.30. The van der Waals surface area contributed by atoms with Gasteiger partial charge in [-0.3, -0.25) is 4.98 Å². The molecule has 0 saturated heterocycles. The maximum absolute atomic E-state index is 15.2. The minimum Gasteiger partial charge on any atom is -0.444 e. The summed E-state index contributed by atoms with van der Waals surface area (Å²) in [5.41, 5.74) is 1.89. The molecule has 0 aromatic carbocycles. The molecule has 11 heteroatoms. The Balaban J connectivity index is 2.30. The number of anilines is 3. The Bertz CT molecular complexity index is 1250. The molecule has 0 aliphatic rings. The van der Waals surface area contributed by atoms with Gasteiger partial charge in [-0.25, -0.2) is 14.2 Å². The minimum atomic E-state index is -1.93. The molecular weight excluding hydrogens is 539 g/mol. The van der Waals surface area contributed by atoms with Crippen LogP contribution in [0.15, 0.2) is 18.3 Å². The summed E-state index contributed by atoms with van der Waals surface area (Å²) in [4.78, 5) is 21.3. The molecule has 0 aliphatic carbocycles. The summed E-state index contributed by atoms with van der Waals surface area (Å²) in [6.07, 6.45) is 2.32. The number of aryl methyl sites for hydroxylation is 2. The quantitative estimate of drug-likeness (QED) is 0.185. The highest BCUT2D eigenvalue weighted by Gasteiger charge is 2.37. The van der Waals surface area contributed by atoms with Gasteiger partial charge in [-0.2, -0.15) is 5.26 Å². The molecule has 0 radical (unpaired) electrons. The highest BCUT2D eigenvalue weighted by molar-refractivity contribution is 6.74. The number of halogens is 1. The van der Waals surface area contributed by atoms with Gasteiger partial charge in [0.05, 0.1) is 17.4 Å². The van der Waals surface area contributed by atoms with Crippen molar-refractivity contribution in [3.05, 3.63) is 41.0 Å². The van der Waals surface area contributed by atoms with Crippen molar-refractivity contribution in [3.63, 3.8) is 0 Å². The maximum Gasteiger partial charge on any atom is 0.407 e. The second-order valence-corrected chi connectivity index (χ2v) is 17.8. The molecule has 0 bridgehead atoms. The van der Waals surface area contributed by atoms with E-state index >= 15 is 4.39 Å². The first kappa shape index (κ1) is 34.0. The van der Waals surface area contributed by atoms with Crippen LogP contribution in [0, 0.1) is 31.0 Å². The Labute approximate surface area is 245 Å². The molecule has 0 aliphatic heterocycles. The number of alkyl carbamates (subject to hydrolysis) is 1. The van der Waals surface area contributed by atoms with Crippen LogP contribution in [-0.4, -0.2) is 48.7 Å². The Hall–Kier alpha value is -3.23. The van der Waals surface area contributed by atoms with Crippen molar-refractivity contribution >= 4 is 31.7 Å².